The van der Waals surface area contributed by atoms with Gasteiger partial charge >= 0.3 is 0 Å². The summed E-state index contributed by atoms with van der Waals surface area (Å²) < 4.78 is 0. The van der Waals surface area contributed by atoms with Gasteiger partial charge < -0.3 is 0 Å². The Bertz CT molecular complexity index is 586. The molecule has 0 heterocycles. The minimum atomic E-state index is 0.756. The first-order valence-electron chi connectivity index (χ1n) is 6.01. The van der Waals surface area contributed by atoms with Crippen molar-refractivity contribution in [2.24, 2.45) is 0 Å². The van der Waals surface area contributed by atoms with Crippen molar-refractivity contribution < 1.29 is 0 Å². The van der Waals surface area contributed by atoms with E-state index in [1.165, 1.54) is 11.1 Å². The van der Waals surface area contributed by atoms with Crippen LogP contribution in [0.2, 0.25) is 0 Å². The summed E-state index contributed by atoms with van der Waals surface area (Å²) in [4.78, 5) is 0. The zero-order valence-corrected chi connectivity index (χ0v) is 10.4. The van der Waals surface area contributed by atoms with Gasteiger partial charge in [-0.1, -0.05) is 60.2 Å². The average molecular weight is 233 g/mol. The highest BCUT2D eigenvalue weighted by molar-refractivity contribution is 5.51. The van der Waals surface area contributed by atoms with Crippen LogP contribution in [-0.4, -0.2) is 0 Å². The first-order valence-corrected chi connectivity index (χ1v) is 6.01. The molecular weight excluding hydrogens is 218 g/mol. The van der Waals surface area contributed by atoms with E-state index in [2.05, 4.69) is 49.4 Å². The van der Waals surface area contributed by atoms with Crippen LogP contribution in [0.1, 0.15) is 22.3 Å². The normalized spacial score (nSPS) is 10.4. The zero-order valence-electron chi connectivity index (χ0n) is 10.4. The first-order chi connectivity index (χ1) is 8.79. The van der Waals surface area contributed by atoms with Crippen molar-refractivity contribution in [2.45, 2.75) is 13.3 Å². The van der Waals surface area contributed by atoms with Gasteiger partial charge in [-0.15, -0.1) is 0 Å². The number of rotatable bonds is 3. The molecule has 0 saturated heterocycles. The lowest BCUT2D eigenvalue weighted by Gasteiger charge is -1.99. The van der Waals surface area contributed by atoms with E-state index in [-0.39, 0.29) is 0 Å². The number of allylic oxidation sites excluding steroid dienone is 1. The summed E-state index contributed by atoms with van der Waals surface area (Å²) in [5.41, 5.74) is 4.28. The third kappa shape index (κ3) is 3.09. The monoisotopic (exact) mass is 233 g/mol. The molecule has 18 heavy (non-hydrogen) atoms. The van der Waals surface area contributed by atoms with E-state index in [9.17, 15) is 0 Å². The predicted molar refractivity (Wildman–Crippen MR) is 75.1 cm³/mol. The summed E-state index contributed by atoms with van der Waals surface area (Å²) >= 11 is 0. The summed E-state index contributed by atoms with van der Waals surface area (Å²) in [5, 5.41) is 8.99. The van der Waals surface area contributed by atoms with Crippen molar-refractivity contribution in [3.8, 4) is 6.07 Å². The highest BCUT2D eigenvalue weighted by Crippen LogP contribution is 2.10. The smallest absolute Gasteiger partial charge is 0.0994 e. The van der Waals surface area contributed by atoms with Crippen LogP contribution in [0.4, 0.5) is 0 Å². The van der Waals surface area contributed by atoms with Gasteiger partial charge in [-0.2, -0.15) is 5.26 Å². The molecule has 1 heteroatoms. The molecule has 0 N–H and O–H groups in total. The van der Waals surface area contributed by atoms with Crippen molar-refractivity contribution in [2.75, 3.05) is 0 Å². The van der Waals surface area contributed by atoms with Crippen LogP contribution < -0.4 is 0 Å². The second kappa shape index (κ2) is 5.84. The molecule has 2 aromatic carbocycles. The van der Waals surface area contributed by atoms with E-state index in [1.54, 1.807) is 0 Å². The largest absolute Gasteiger partial charge is 0.192 e. The van der Waals surface area contributed by atoms with Crippen molar-refractivity contribution in [3.05, 3.63) is 76.9 Å². The molecule has 0 saturated carbocycles. The van der Waals surface area contributed by atoms with E-state index in [1.807, 2.05) is 24.3 Å². The molecule has 2 rings (SSSR count). The number of nitriles is 1. The van der Waals surface area contributed by atoms with Crippen LogP contribution in [-0.2, 0) is 6.42 Å². The standard InChI is InChI=1S/C17H15N/c1-14-9-11-15(12-10-14)5-4-8-16-6-2-3-7-17(16)13-18/h2-7,9-12H,8H2,1H3/b5-4+. The van der Waals surface area contributed by atoms with Crippen LogP contribution in [0.5, 0.6) is 0 Å². The number of benzene rings is 2. The van der Waals surface area contributed by atoms with Gasteiger partial charge in [0.05, 0.1) is 11.6 Å². The van der Waals surface area contributed by atoms with Crippen LogP contribution >= 0.6 is 0 Å². The van der Waals surface area contributed by atoms with Gasteiger partial charge in [-0.3, -0.25) is 0 Å². The Hall–Kier alpha value is -2.33. The third-order valence-corrected chi connectivity index (χ3v) is 2.86. The number of hydrogen-bond acceptors (Lipinski definition) is 1. The summed E-state index contributed by atoms with van der Waals surface area (Å²) in [7, 11) is 0. The summed E-state index contributed by atoms with van der Waals surface area (Å²) in [6, 6.07) is 18.3. The number of hydrogen-bond donors (Lipinski definition) is 0. The molecule has 0 amide bonds. The molecule has 1 nitrogen and oxygen atoms in total. The van der Waals surface area contributed by atoms with Crippen molar-refractivity contribution >= 4 is 6.08 Å². The molecule has 2 aromatic rings. The summed E-state index contributed by atoms with van der Waals surface area (Å²) in [6.45, 7) is 2.08. The Balaban J connectivity index is 2.08. The lowest BCUT2D eigenvalue weighted by atomic mass is 10.0. The van der Waals surface area contributed by atoms with Gasteiger partial charge in [0.15, 0.2) is 0 Å². The maximum absolute atomic E-state index is 8.99. The fraction of sp³-hybridized carbons (Fsp3) is 0.118. The Morgan fingerprint density at radius 2 is 1.78 bits per heavy atom. The van der Waals surface area contributed by atoms with E-state index < -0.39 is 0 Å². The van der Waals surface area contributed by atoms with E-state index in [4.69, 9.17) is 5.26 Å². The number of aryl methyl sites for hydroxylation is 1. The molecule has 0 aliphatic rings. The molecule has 0 fully saturated rings. The van der Waals surface area contributed by atoms with Crippen molar-refractivity contribution in [3.63, 3.8) is 0 Å². The second-order valence-corrected chi connectivity index (χ2v) is 4.29. The van der Waals surface area contributed by atoms with Crippen molar-refractivity contribution in [1.29, 1.82) is 5.26 Å². The summed E-state index contributed by atoms with van der Waals surface area (Å²) in [5.74, 6) is 0. The molecule has 0 atom stereocenters. The molecule has 0 bridgehead atoms. The predicted octanol–water partition coefficient (Wildman–Crippen LogP) is 4.12. The van der Waals surface area contributed by atoms with Gasteiger partial charge in [0.25, 0.3) is 0 Å². The van der Waals surface area contributed by atoms with Crippen LogP contribution in [0.25, 0.3) is 6.08 Å². The molecule has 0 aromatic heterocycles. The number of nitrogens with zero attached hydrogens (tertiary/aromatic N) is 1. The van der Waals surface area contributed by atoms with Crippen molar-refractivity contribution in [1.82, 2.24) is 0 Å². The quantitative estimate of drug-likeness (QED) is 0.782. The molecule has 0 unspecified atom stereocenters. The van der Waals surface area contributed by atoms with E-state index in [0.29, 0.717) is 0 Å². The van der Waals surface area contributed by atoms with Crippen LogP contribution in [0.15, 0.2) is 54.6 Å². The molecule has 0 aliphatic heterocycles. The van der Waals surface area contributed by atoms with Gasteiger partial charge in [0.2, 0.25) is 0 Å². The highest BCUT2D eigenvalue weighted by Gasteiger charge is 1.97. The zero-order chi connectivity index (χ0) is 12.8. The topological polar surface area (TPSA) is 23.8 Å². The van der Waals surface area contributed by atoms with Crippen LogP contribution in [0.3, 0.4) is 0 Å². The maximum Gasteiger partial charge on any atom is 0.0994 e. The highest BCUT2D eigenvalue weighted by atomic mass is 14.2. The van der Waals surface area contributed by atoms with Gasteiger partial charge in [-0.05, 0) is 30.5 Å². The Morgan fingerprint density at radius 3 is 2.50 bits per heavy atom. The molecule has 0 aliphatic carbocycles. The minimum absolute atomic E-state index is 0.756. The lowest BCUT2D eigenvalue weighted by molar-refractivity contribution is 1.25. The second-order valence-electron chi connectivity index (χ2n) is 4.29. The Morgan fingerprint density at radius 1 is 1.06 bits per heavy atom. The van der Waals surface area contributed by atoms with Gasteiger partial charge in [0, 0.05) is 0 Å². The summed E-state index contributed by atoms with van der Waals surface area (Å²) in [6.07, 6.45) is 4.98. The fourth-order valence-corrected chi connectivity index (χ4v) is 1.81. The first kappa shape index (κ1) is 12.1. The third-order valence-electron chi connectivity index (χ3n) is 2.86. The van der Waals surface area contributed by atoms with Gasteiger partial charge in [0.1, 0.15) is 0 Å². The average Bonchev–Trinajstić information content (AvgIpc) is 2.41. The maximum atomic E-state index is 8.99. The Labute approximate surface area is 108 Å². The van der Waals surface area contributed by atoms with Crippen LogP contribution in [0, 0.1) is 18.3 Å². The van der Waals surface area contributed by atoms with Gasteiger partial charge in [-0.25, -0.2) is 0 Å². The molecule has 88 valence electrons. The molecule has 0 spiro atoms. The Kier molecular flexibility index (Phi) is 3.94. The van der Waals surface area contributed by atoms with E-state index in [0.717, 1.165) is 17.5 Å². The molecule has 0 radical (unpaired) electrons. The SMILES string of the molecule is Cc1ccc(/C=C/Cc2ccccc2C#N)cc1. The fourth-order valence-electron chi connectivity index (χ4n) is 1.81. The lowest BCUT2D eigenvalue weighted by Crippen LogP contribution is -1.86. The minimum Gasteiger partial charge on any atom is -0.192 e. The molecular formula is C17H15N. The van der Waals surface area contributed by atoms with E-state index >= 15 is 0 Å².